The van der Waals surface area contributed by atoms with Gasteiger partial charge in [0.2, 0.25) is 0 Å². The molecule has 2 aromatic carbocycles. The summed E-state index contributed by atoms with van der Waals surface area (Å²) in [6.45, 7) is 4.41. The molecular formula is C27H36O11. The van der Waals surface area contributed by atoms with E-state index >= 15 is 0 Å². The third kappa shape index (κ3) is 10.1. The molecule has 38 heavy (non-hydrogen) atoms. The molecule has 11 nitrogen and oxygen atoms in total. The second kappa shape index (κ2) is 16.8. The SMILES string of the molecule is O=C1CC(c2ccc(O)cc2)Oc2cc(OCCOCCOCCOCCOCCOCCO)cc(O)c21. The van der Waals surface area contributed by atoms with Crippen LogP contribution in [-0.2, 0) is 23.7 Å². The maximum absolute atomic E-state index is 12.6. The fourth-order valence-corrected chi connectivity index (χ4v) is 3.64. The lowest BCUT2D eigenvalue weighted by Gasteiger charge is -2.26. The van der Waals surface area contributed by atoms with Crippen LogP contribution in [0.25, 0.3) is 0 Å². The highest BCUT2D eigenvalue weighted by molar-refractivity contribution is 6.02. The first-order valence-corrected chi connectivity index (χ1v) is 12.6. The van der Waals surface area contributed by atoms with Gasteiger partial charge >= 0.3 is 0 Å². The van der Waals surface area contributed by atoms with Gasteiger partial charge in [0.15, 0.2) is 5.78 Å². The topological polar surface area (TPSA) is 142 Å². The van der Waals surface area contributed by atoms with E-state index in [2.05, 4.69) is 0 Å². The van der Waals surface area contributed by atoms with Gasteiger partial charge in [0.25, 0.3) is 0 Å². The number of ether oxygens (including phenoxy) is 7. The summed E-state index contributed by atoms with van der Waals surface area (Å²) in [5.74, 6) is 0.323. The molecule has 1 aliphatic heterocycles. The summed E-state index contributed by atoms with van der Waals surface area (Å²) in [6, 6.07) is 9.44. The first kappa shape index (κ1) is 29.6. The van der Waals surface area contributed by atoms with Crippen LogP contribution in [0.1, 0.15) is 28.4 Å². The molecule has 0 fully saturated rings. The number of carbonyl (C=O) groups excluding carboxylic acids is 1. The van der Waals surface area contributed by atoms with Crippen LogP contribution < -0.4 is 9.47 Å². The molecule has 11 heteroatoms. The molecule has 0 bridgehead atoms. The monoisotopic (exact) mass is 536 g/mol. The highest BCUT2D eigenvalue weighted by Gasteiger charge is 2.31. The summed E-state index contributed by atoms with van der Waals surface area (Å²) in [5.41, 5.74) is 0.890. The van der Waals surface area contributed by atoms with Crippen molar-refractivity contribution in [3.05, 3.63) is 47.5 Å². The molecule has 2 aromatic rings. The minimum absolute atomic E-state index is 0.00720. The van der Waals surface area contributed by atoms with Gasteiger partial charge in [-0.2, -0.15) is 0 Å². The normalized spacial score (nSPS) is 14.8. The zero-order valence-electron chi connectivity index (χ0n) is 21.3. The highest BCUT2D eigenvalue weighted by Crippen LogP contribution is 2.42. The van der Waals surface area contributed by atoms with Crippen LogP contribution in [-0.4, -0.2) is 100 Å². The fourth-order valence-electron chi connectivity index (χ4n) is 3.64. The van der Waals surface area contributed by atoms with Crippen LogP contribution in [0.15, 0.2) is 36.4 Å². The summed E-state index contributed by atoms with van der Waals surface area (Å²) >= 11 is 0. The Morgan fingerprint density at radius 2 is 1.26 bits per heavy atom. The van der Waals surface area contributed by atoms with Gasteiger partial charge in [-0.15, -0.1) is 0 Å². The number of ketones is 1. The zero-order chi connectivity index (χ0) is 27.0. The number of hydrogen-bond acceptors (Lipinski definition) is 11. The number of benzene rings is 2. The zero-order valence-corrected chi connectivity index (χ0v) is 21.3. The smallest absolute Gasteiger partial charge is 0.174 e. The Kier molecular flexibility index (Phi) is 13.1. The molecule has 0 saturated carbocycles. The van der Waals surface area contributed by atoms with Gasteiger partial charge in [-0.1, -0.05) is 12.1 Å². The number of aliphatic hydroxyl groups is 1. The Hall–Kier alpha value is -2.93. The van der Waals surface area contributed by atoms with E-state index in [1.807, 2.05) is 0 Å². The van der Waals surface area contributed by atoms with Crippen molar-refractivity contribution >= 4 is 5.78 Å². The van der Waals surface area contributed by atoms with E-state index in [1.165, 1.54) is 18.2 Å². The second-order valence-electron chi connectivity index (χ2n) is 8.27. The molecule has 3 N–H and O–H groups in total. The van der Waals surface area contributed by atoms with E-state index in [9.17, 15) is 15.0 Å². The van der Waals surface area contributed by atoms with E-state index in [1.54, 1.807) is 18.2 Å². The standard InChI is InChI=1S/C27H36O11/c28-5-6-32-7-8-33-9-10-34-11-12-35-13-14-36-15-16-37-22-17-23(30)27-24(31)19-25(38-26(27)18-22)20-1-3-21(29)4-2-20/h1-4,17-18,25,28-30H,5-16,19H2. The first-order valence-electron chi connectivity index (χ1n) is 12.6. The number of aromatic hydroxyl groups is 2. The summed E-state index contributed by atoms with van der Waals surface area (Å²) < 4.78 is 38.3. The molecule has 0 spiro atoms. The molecule has 3 rings (SSSR count). The third-order valence-corrected chi connectivity index (χ3v) is 5.46. The van der Waals surface area contributed by atoms with Gasteiger partial charge in [-0.05, 0) is 17.7 Å². The third-order valence-electron chi connectivity index (χ3n) is 5.46. The Bertz CT molecular complexity index is 964. The number of Topliss-reactive ketones (excluding diaryl/α,β-unsaturated/α-hetero) is 1. The number of aliphatic hydroxyl groups excluding tert-OH is 1. The number of phenolic OH excluding ortho intramolecular Hbond substituents is 2. The minimum Gasteiger partial charge on any atom is -0.508 e. The maximum Gasteiger partial charge on any atom is 0.174 e. The van der Waals surface area contributed by atoms with Crippen LogP contribution >= 0.6 is 0 Å². The van der Waals surface area contributed by atoms with E-state index in [4.69, 9.17) is 38.3 Å². The van der Waals surface area contributed by atoms with Crippen molar-refractivity contribution in [2.45, 2.75) is 12.5 Å². The van der Waals surface area contributed by atoms with E-state index < -0.39 is 6.10 Å². The van der Waals surface area contributed by atoms with Gasteiger partial charge in [0, 0.05) is 12.1 Å². The van der Waals surface area contributed by atoms with Gasteiger partial charge in [0.1, 0.15) is 41.3 Å². The lowest BCUT2D eigenvalue weighted by molar-refractivity contribution is -0.0146. The predicted molar refractivity (Wildman–Crippen MR) is 135 cm³/mol. The van der Waals surface area contributed by atoms with E-state index in [0.717, 1.165) is 5.56 Å². The Labute approximate surface area is 221 Å². The Morgan fingerprint density at radius 3 is 1.82 bits per heavy atom. The molecule has 1 atom stereocenters. The van der Waals surface area contributed by atoms with Gasteiger partial charge in [-0.3, -0.25) is 4.79 Å². The van der Waals surface area contributed by atoms with Crippen molar-refractivity contribution in [2.24, 2.45) is 0 Å². The Balaban J connectivity index is 1.25. The molecule has 0 amide bonds. The average molecular weight is 537 g/mol. The summed E-state index contributed by atoms with van der Waals surface area (Å²) in [5, 5.41) is 28.4. The van der Waals surface area contributed by atoms with Gasteiger partial charge in [-0.25, -0.2) is 0 Å². The van der Waals surface area contributed by atoms with Gasteiger partial charge in [0.05, 0.1) is 79.1 Å². The first-order chi connectivity index (χ1) is 18.6. The average Bonchev–Trinajstić information content (AvgIpc) is 2.90. The molecule has 1 unspecified atom stereocenters. The maximum atomic E-state index is 12.6. The summed E-state index contributed by atoms with van der Waals surface area (Å²) in [7, 11) is 0. The number of rotatable bonds is 19. The summed E-state index contributed by atoms with van der Waals surface area (Å²) in [6.07, 6.45) is -0.430. The molecule has 1 heterocycles. The van der Waals surface area contributed by atoms with Crippen molar-refractivity contribution in [1.82, 2.24) is 0 Å². The Morgan fingerprint density at radius 1 is 0.737 bits per heavy atom. The largest absolute Gasteiger partial charge is 0.508 e. The van der Waals surface area contributed by atoms with Crippen molar-refractivity contribution in [2.75, 3.05) is 79.3 Å². The van der Waals surface area contributed by atoms with E-state index in [-0.39, 0.29) is 48.2 Å². The number of phenols is 2. The van der Waals surface area contributed by atoms with Crippen molar-refractivity contribution in [3.8, 4) is 23.0 Å². The molecule has 0 aromatic heterocycles. The van der Waals surface area contributed by atoms with Crippen LogP contribution in [0.5, 0.6) is 23.0 Å². The molecular weight excluding hydrogens is 500 g/mol. The van der Waals surface area contributed by atoms with Gasteiger partial charge < -0.3 is 48.5 Å². The number of hydrogen-bond donors (Lipinski definition) is 3. The van der Waals surface area contributed by atoms with Crippen molar-refractivity contribution in [1.29, 1.82) is 0 Å². The number of carbonyl (C=O) groups is 1. The molecule has 1 aliphatic rings. The predicted octanol–water partition coefficient (Wildman–Crippen LogP) is 2.26. The molecule has 0 saturated heterocycles. The molecule has 210 valence electrons. The highest BCUT2D eigenvalue weighted by atomic mass is 16.6. The molecule has 0 radical (unpaired) electrons. The van der Waals surface area contributed by atoms with E-state index in [0.29, 0.717) is 71.8 Å². The second-order valence-corrected chi connectivity index (χ2v) is 8.27. The van der Waals surface area contributed by atoms with Crippen LogP contribution in [0.4, 0.5) is 0 Å². The van der Waals surface area contributed by atoms with Crippen molar-refractivity contribution in [3.63, 3.8) is 0 Å². The van der Waals surface area contributed by atoms with Crippen LogP contribution in [0, 0.1) is 0 Å². The van der Waals surface area contributed by atoms with Crippen molar-refractivity contribution < 1.29 is 53.3 Å². The fraction of sp³-hybridized carbons (Fsp3) is 0.519. The lowest BCUT2D eigenvalue weighted by atomic mass is 9.95. The van der Waals surface area contributed by atoms with Crippen LogP contribution in [0.2, 0.25) is 0 Å². The van der Waals surface area contributed by atoms with Crippen LogP contribution in [0.3, 0.4) is 0 Å². The lowest BCUT2D eigenvalue weighted by Crippen LogP contribution is -2.20. The number of fused-ring (bicyclic) bond motifs is 1. The molecule has 0 aliphatic carbocycles. The minimum atomic E-state index is -0.518. The summed E-state index contributed by atoms with van der Waals surface area (Å²) in [4.78, 5) is 12.6. The quantitative estimate of drug-likeness (QED) is 0.228.